The number of dihydropyridines is 1. The first-order valence-corrected chi connectivity index (χ1v) is 9.26. The Kier molecular flexibility index (Phi) is 8.87. The Bertz CT molecular complexity index is 855. The molecule has 1 aromatic rings. The van der Waals surface area contributed by atoms with E-state index in [4.69, 9.17) is 32.2 Å². The van der Waals surface area contributed by atoms with Crippen LogP contribution in [0.25, 0.3) is 0 Å². The van der Waals surface area contributed by atoms with Crippen molar-refractivity contribution < 1.29 is 19.1 Å². The number of esters is 2. The molecule has 0 aliphatic carbocycles. The second-order valence-corrected chi connectivity index (χ2v) is 7.13. The molecule has 1 aliphatic heterocycles. The summed E-state index contributed by atoms with van der Waals surface area (Å²) in [6, 6.07) is 6.90. The zero-order valence-electron chi connectivity index (χ0n) is 15.5. The molecule has 4 N–H and O–H groups in total. The molecule has 0 aromatic heterocycles. The van der Waals surface area contributed by atoms with Gasteiger partial charge in [-0.2, -0.15) is 0 Å². The van der Waals surface area contributed by atoms with Gasteiger partial charge in [-0.25, -0.2) is 9.59 Å². The van der Waals surface area contributed by atoms with Crippen molar-refractivity contribution in [3.63, 3.8) is 0 Å². The number of benzene rings is 1. The third-order valence-corrected chi connectivity index (χ3v) is 4.99. The number of ether oxygens (including phenoxy) is 2. The van der Waals surface area contributed by atoms with Gasteiger partial charge in [0, 0.05) is 22.2 Å². The van der Waals surface area contributed by atoms with Crippen LogP contribution in [0, 0.1) is 5.41 Å². The summed E-state index contributed by atoms with van der Waals surface area (Å²) in [6.07, 6.45) is 0. The Morgan fingerprint density at radius 1 is 1.25 bits per heavy atom. The standard InChI is InChI=1S/C18H20ClN3O4S.ClH/c1-9-13(16(23)25-2)14(10-5-4-6-11(19)7-10)15(17(24)26-3)12(22-9)8-27-18(20)21;/h4-7,14,22H,8H2,1-3H3,(H3,20,21);1H. The molecule has 7 nitrogen and oxygen atoms in total. The average molecular weight is 446 g/mol. The van der Waals surface area contributed by atoms with E-state index in [1.807, 2.05) is 0 Å². The molecule has 1 aliphatic rings. The number of methoxy groups -OCH3 is 2. The van der Waals surface area contributed by atoms with E-state index in [-0.39, 0.29) is 34.5 Å². The molecule has 10 heteroatoms. The van der Waals surface area contributed by atoms with Gasteiger partial charge in [-0.15, -0.1) is 12.4 Å². The predicted molar refractivity (Wildman–Crippen MR) is 113 cm³/mol. The average Bonchev–Trinajstić information content (AvgIpc) is 2.64. The van der Waals surface area contributed by atoms with Crippen LogP contribution in [-0.4, -0.2) is 37.1 Å². The third-order valence-electron chi connectivity index (χ3n) is 4.01. The van der Waals surface area contributed by atoms with Crippen LogP contribution in [-0.2, 0) is 19.1 Å². The second kappa shape index (κ2) is 10.4. The van der Waals surface area contributed by atoms with Crippen LogP contribution in [0.2, 0.25) is 5.02 Å². The van der Waals surface area contributed by atoms with Crippen molar-refractivity contribution in [3.05, 3.63) is 57.4 Å². The van der Waals surface area contributed by atoms with Gasteiger partial charge in [0.15, 0.2) is 5.17 Å². The number of hydrogen-bond donors (Lipinski definition) is 3. The van der Waals surface area contributed by atoms with Gasteiger partial charge >= 0.3 is 11.9 Å². The highest BCUT2D eigenvalue weighted by Crippen LogP contribution is 2.40. The third kappa shape index (κ3) is 5.21. The number of carbonyl (C=O) groups excluding carboxylic acids is 2. The first-order valence-electron chi connectivity index (χ1n) is 7.89. The number of amidine groups is 1. The maximum atomic E-state index is 12.6. The molecular weight excluding hydrogens is 425 g/mol. The number of thioether (sulfide) groups is 1. The molecule has 0 radical (unpaired) electrons. The number of halogens is 2. The normalized spacial score (nSPS) is 16.1. The first-order chi connectivity index (χ1) is 12.8. The lowest BCUT2D eigenvalue weighted by Crippen LogP contribution is -2.34. The molecule has 1 heterocycles. The number of nitrogens with one attached hydrogen (secondary N) is 2. The summed E-state index contributed by atoms with van der Waals surface area (Å²) in [4.78, 5) is 25.1. The van der Waals surface area contributed by atoms with E-state index in [9.17, 15) is 9.59 Å². The first kappa shape index (κ1) is 23.9. The van der Waals surface area contributed by atoms with Gasteiger partial charge in [-0.3, -0.25) is 5.41 Å². The SMILES string of the molecule is COC(=O)C1=C(C)NC(CSC(=N)N)=C(C(=O)OC)C1c1cccc(Cl)c1.Cl. The minimum atomic E-state index is -0.729. The molecule has 1 atom stereocenters. The highest BCUT2D eigenvalue weighted by Gasteiger charge is 2.38. The van der Waals surface area contributed by atoms with Crippen LogP contribution >= 0.6 is 35.8 Å². The maximum Gasteiger partial charge on any atom is 0.336 e. The van der Waals surface area contributed by atoms with Crippen LogP contribution in [0.1, 0.15) is 18.4 Å². The van der Waals surface area contributed by atoms with Crippen molar-refractivity contribution in [1.82, 2.24) is 5.32 Å². The summed E-state index contributed by atoms with van der Waals surface area (Å²) in [5, 5.41) is 10.9. The molecular formula is C18H21Cl2N3O4S. The van der Waals surface area contributed by atoms with Crippen molar-refractivity contribution in [2.75, 3.05) is 20.0 Å². The van der Waals surface area contributed by atoms with E-state index in [1.165, 1.54) is 14.2 Å². The van der Waals surface area contributed by atoms with Crippen molar-refractivity contribution in [2.24, 2.45) is 5.73 Å². The summed E-state index contributed by atoms with van der Waals surface area (Å²) in [7, 11) is 2.55. The molecule has 0 spiro atoms. The molecule has 28 heavy (non-hydrogen) atoms. The van der Waals surface area contributed by atoms with Gasteiger partial charge in [-0.05, 0) is 24.6 Å². The van der Waals surface area contributed by atoms with Crippen LogP contribution < -0.4 is 11.1 Å². The summed E-state index contributed by atoms with van der Waals surface area (Å²) in [5.74, 6) is -1.65. The van der Waals surface area contributed by atoms with E-state index in [1.54, 1.807) is 31.2 Å². The molecule has 1 aromatic carbocycles. The van der Waals surface area contributed by atoms with Gasteiger partial charge < -0.3 is 20.5 Å². The fraction of sp³-hybridized carbons (Fsp3) is 0.278. The second-order valence-electron chi connectivity index (χ2n) is 5.68. The molecule has 152 valence electrons. The van der Waals surface area contributed by atoms with Gasteiger partial charge in [-0.1, -0.05) is 35.5 Å². The lowest BCUT2D eigenvalue weighted by atomic mass is 9.80. The number of rotatable bonds is 5. The summed E-state index contributed by atoms with van der Waals surface area (Å²) < 4.78 is 9.90. The van der Waals surface area contributed by atoms with Crippen molar-refractivity contribution in [2.45, 2.75) is 12.8 Å². The lowest BCUT2D eigenvalue weighted by Gasteiger charge is -2.31. The Labute approximate surface area is 178 Å². The highest BCUT2D eigenvalue weighted by molar-refractivity contribution is 8.13. The van der Waals surface area contributed by atoms with Crippen LogP contribution in [0.15, 0.2) is 46.8 Å². The minimum Gasteiger partial charge on any atom is -0.466 e. The van der Waals surface area contributed by atoms with Crippen LogP contribution in [0.4, 0.5) is 0 Å². The van der Waals surface area contributed by atoms with E-state index in [0.717, 1.165) is 11.8 Å². The summed E-state index contributed by atoms with van der Waals surface area (Å²) in [5.41, 5.74) is 7.67. The molecule has 0 saturated heterocycles. The maximum absolute atomic E-state index is 12.6. The van der Waals surface area contributed by atoms with Crippen molar-refractivity contribution >= 4 is 52.9 Å². The van der Waals surface area contributed by atoms with Gasteiger partial charge in [0.05, 0.1) is 31.3 Å². The largest absolute Gasteiger partial charge is 0.466 e. The van der Waals surface area contributed by atoms with Gasteiger partial charge in [0.1, 0.15) is 0 Å². The van der Waals surface area contributed by atoms with E-state index in [0.29, 0.717) is 22.0 Å². The lowest BCUT2D eigenvalue weighted by molar-refractivity contribution is -0.137. The van der Waals surface area contributed by atoms with Crippen LogP contribution in [0.3, 0.4) is 0 Å². The van der Waals surface area contributed by atoms with E-state index < -0.39 is 17.9 Å². The Morgan fingerprint density at radius 2 is 1.86 bits per heavy atom. The van der Waals surface area contributed by atoms with E-state index >= 15 is 0 Å². The van der Waals surface area contributed by atoms with E-state index in [2.05, 4.69) is 5.32 Å². The van der Waals surface area contributed by atoms with Gasteiger partial charge in [0.2, 0.25) is 0 Å². The zero-order chi connectivity index (χ0) is 20.1. The Balaban J connectivity index is 0.00000392. The summed E-state index contributed by atoms with van der Waals surface area (Å²) >= 11 is 7.19. The predicted octanol–water partition coefficient (Wildman–Crippen LogP) is 2.95. The number of nitrogens with two attached hydrogens (primary N) is 1. The Hall–Kier alpha value is -2.16. The number of hydrogen-bond acceptors (Lipinski definition) is 7. The quantitative estimate of drug-likeness (QED) is 0.362. The van der Waals surface area contributed by atoms with Gasteiger partial charge in [0.25, 0.3) is 0 Å². The molecule has 1 unspecified atom stereocenters. The van der Waals surface area contributed by atoms with Crippen molar-refractivity contribution in [3.8, 4) is 0 Å². The minimum absolute atomic E-state index is 0. The number of allylic oxidation sites excluding steroid dienone is 1. The molecule has 0 saturated carbocycles. The summed E-state index contributed by atoms with van der Waals surface area (Å²) in [6.45, 7) is 1.72. The fourth-order valence-corrected chi connectivity index (χ4v) is 3.64. The number of carbonyl (C=O) groups is 2. The highest BCUT2D eigenvalue weighted by atomic mass is 35.5. The molecule has 0 amide bonds. The molecule has 0 bridgehead atoms. The van der Waals surface area contributed by atoms with Crippen molar-refractivity contribution in [1.29, 1.82) is 5.41 Å². The smallest absolute Gasteiger partial charge is 0.336 e. The van der Waals surface area contributed by atoms with Crippen LogP contribution in [0.5, 0.6) is 0 Å². The fourth-order valence-electron chi connectivity index (χ4n) is 2.91. The Morgan fingerprint density at radius 3 is 2.39 bits per heavy atom. The monoisotopic (exact) mass is 445 g/mol. The zero-order valence-corrected chi connectivity index (χ0v) is 17.9. The molecule has 2 rings (SSSR count). The topological polar surface area (TPSA) is 115 Å². The molecule has 0 fully saturated rings.